The molecule has 2 amide bonds. The van der Waals surface area contributed by atoms with E-state index in [4.69, 9.17) is 0 Å². The largest absolute Gasteiger partial charge is 0.335 e. The highest BCUT2D eigenvalue weighted by Gasteiger charge is 2.15. The van der Waals surface area contributed by atoms with Crippen molar-refractivity contribution in [3.8, 4) is 0 Å². The number of hydrogen-bond acceptors (Lipinski definition) is 4. The number of nitrogens with one attached hydrogen (secondary N) is 2. The summed E-state index contributed by atoms with van der Waals surface area (Å²) in [5, 5.41) is 6.87. The average molecular weight is 285 g/mol. The molecular weight excluding hydrogens is 266 g/mol. The van der Waals surface area contributed by atoms with Gasteiger partial charge in [-0.15, -0.1) is 11.3 Å². The highest BCUT2D eigenvalue weighted by atomic mass is 32.2. The zero-order chi connectivity index (χ0) is 13.0. The first kappa shape index (κ1) is 13.7. The van der Waals surface area contributed by atoms with Crippen LogP contribution in [0, 0.1) is 13.8 Å². The predicted molar refractivity (Wildman–Crippen MR) is 77.3 cm³/mol. The van der Waals surface area contributed by atoms with Gasteiger partial charge in [0, 0.05) is 10.9 Å². The van der Waals surface area contributed by atoms with Crippen molar-refractivity contribution < 1.29 is 4.79 Å². The van der Waals surface area contributed by atoms with Crippen molar-refractivity contribution >= 4 is 29.1 Å². The van der Waals surface area contributed by atoms with E-state index in [1.54, 1.807) is 11.3 Å². The van der Waals surface area contributed by atoms with Crippen molar-refractivity contribution in [2.24, 2.45) is 0 Å². The van der Waals surface area contributed by atoms with Crippen molar-refractivity contribution in [1.29, 1.82) is 0 Å². The van der Waals surface area contributed by atoms with Crippen molar-refractivity contribution in [2.45, 2.75) is 39.3 Å². The van der Waals surface area contributed by atoms with E-state index in [1.807, 2.05) is 18.7 Å². The lowest BCUT2D eigenvalue weighted by Crippen LogP contribution is -2.43. The number of carbonyl (C=O) groups excluding carboxylic acids is 1. The second-order valence-electron chi connectivity index (χ2n) is 4.46. The Bertz CT molecular complexity index is 394. The number of thiazole rings is 1. The minimum Gasteiger partial charge on any atom is -0.335 e. The summed E-state index contributed by atoms with van der Waals surface area (Å²) in [7, 11) is 0. The van der Waals surface area contributed by atoms with Crippen molar-refractivity contribution in [3.05, 3.63) is 15.6 Å². The van der Waals surface area contributed by atoms with Gasteiger partial charge in [-0.25, -0.2) is 9.78 Å². The molecule has 1 aliphatic heterocycles. The first-order valence-corrected chi connectivity index (χ1v) is 8.17. The second kappa shape index (κ2) is 6.43. The molecule has 100 valence electrons. The number of hydrogen-bond donors (Lipinski definition) is 2. The molecule has 18 heavy (non-hydrogen) atoms. The van der Waals surface area contributed by atoms with Crippen molar-refractivity contribution in [2.75, 3.05) is 11.5 Å². The van der Waals surface area contributed by atoms with Crippen LogP contribution in [0.5, 0.6) is 0 Å². The molecule has 0 saturated carbocycles. The van der Waals surface area contributed by atoms with E-state index in [2.05, 4.69) is 22.5 Å². The molecule has 0 unspecified atom stereocenters. The van der Waals surface area contributed by atoms with E-state index in [1.165, 1.54) is 4.88 Å². The highest BCUT2D eigenvalue weighted by molar-refractivity contribution is 7.99. The Hall–Kier alpha value is -0.750. The van der Waals surface area contributed by atoms with E-state index in [0.717, 1.165) is 35.0 Å². The van der Waals surface area contributed by atoms with Gasteiger partial charge in [0.05, 0.1) is 12.2 Å². The molecule has 0 spiro atoms. The number of nitrogens with zero attached hydrogens (tertiary/aromatic N) is 1. The number of urea groups is 1. The SMILES string of the molecule is Cc1nc(CNC(=O)NC2CCSCC2)sc1C. The van der Waals surface area contributed by atoms with Gasteiger partial charge in [0.2, 0.25) is 0 Å². The van der Waals surface area contributed by atoms with Crippen LogP contribution in [-0.4, -0.2) is 28.6 Å². The Morgan fingerprint density at radius 1 is 1.39 bits per heavy atom. The zero-order valence-electron chi connectivity index (χ0n) is 10.8. The molecule has 4 nitrogen and oxygen atoms in total. The monoisotopic (exact) mass is 285 g/mol. The van der Waals surface area contributed by atoms with Crippen LogP contribution in [0.15, 0.2) is 0 Å². The summed E-state index contributed by atoms with van der Waals surface area (Å²) >= 11 is 3.61. The van der Waals surface area contributed by atoms with Crippen molar-refractivity contribution in [1.82, 2.24) is 15.6 Å². The Morgan fingerprint density at radius 3 is 2.72 bits per heavy atom. The third kappa shape index (κ3) is 3.88. The molecule has 1 saturated heterocycles. The molecular formula is C12H19N3OS2. The molecule has 1 aliphatic rings. The lowest BCUT2D eigenvalue weighted by molar-refractivity contribution is 0.235. The Kier molecular flexibility index (Phi) is 4.88. The van der Waals surface area contributed by atoms with E-state index in [0.29, 0.717) is 12.6 Å². The van der Waals surface area contributed by atoms with Gasteiger partial charge < -0.3 is 10.6 Å². The van der Waals surface area contributed by atoms with Gasteiger partial charge in [-0.3, -0.25) is 0 Å². The first-order valence-electron chi connectivity index (χ1n) is 6.20. The maximum absolute atomic E-state index is 11.7. The standard InChI is InChI=1S/C12H19N3OS2/c1-8-9(2)18-11(14-8)7-13-12(16)15-10-3-5-17-6-4-10/h10H,3-7H2,1-2H3,(H2,13,15,16). The molecule has 2 heterocycles. The molecule has 0 radical (unpaired) electrons. The molecule has 6 heteroatoms. The second-order valence-corrected chi connectivity index (χ2v) is 6.98. The topological polar surface area (TPSA) is 54.0 Å². The molecule has 0 bridgehead atoms. The van der Waals surface area contributed by atoms with E-state index >= 15 is 0 Å². The average Bonchev–Trinajstić information content (AvgIpc) is 2.68. The van der Waals surface area contributed by atoms with Crippen LogP contribution in [0.3, 0.4) is 0 Å². The fourth-order valence-corrected chi connectivity index (χ4v) is 3.83. The zero-order valence-corrected chi connectivity index (χ0v) is 12.4. The van der Waals surface area contributed by atoms with Gasteiger partial charge in [0.15, 0.2) is 0 Å². The van der Waals surface area contributed by atoms with Gasteiger partial charge in [0.1, 0.15) is 5.01 Å². The van der Waals surface area contributed by atoms with Crippen molar-refractivity contribution in [3.63, 3.8) is 0 Å². The first-order chi connectivity index (χ1) is 8.65. The van der Waals surface area contributed by atoms with E-state index < -0.39 is 0 Å². The van der Waals surface area contributed by atoms with Gasteiger partial charge in [0.25, 0.3) is 0 Å². The summed E-state index contributed by atoms with van der Waals surface area (Å²) in [6, 6.07) is 0.267. The quantitative estimate of drug-likeness (QED) is 0.897. The lowest BCUT2D eigenvalue weighted by Gasteiger charge is -2.22. The molecule has 0 aromatic carbocycles. The van der Waals surface area contributed by atoms with Crippen LogP contribution >= 0.6 is 23.1 Å². The van der Waals surface area contributed by atoms with Crippen LogP contribution in [0.4, 0.5) is 4.79 Å². The maximum Gasteiger partial charge on any atom is 0.315 e. The fourth-order valence-electron chi connectivity index (χ4n) is 1.85. The molecule has 1 aromatic heterocycles. The maximum atomic E-state index is 11.7. The summed E-state index contributed by atoms with van der Waals surface area (Å²) in [4.78, 5) is 17.3. The summed E-state index contributed by atoms with van der Waals surface area (Å²) in [5.74, 6) is 2.30. The molecule has 0 aliphatic carbocycles. The highest BCUT2D eigenvalue weighted by Crippen LogP contribution is 2.17. The number of carbonyl (C=O) groups is 1. The fraction of sp³-hybridized carbons (Fsp3) is 0.667. The van der Waals surface area contributed by atoms with Gasteiger partial charge in [-0.2, -0.15) is 11.8 Å². The van der Waals surface area contributed by atoms with Crippen LogP contribution in [0.2, 0.25) is 0 Å². The number of aromatic nitrogens is 1. The van der Waals surface area contributed by atoms with E-state index in [-0.39, 0.29) is 6.03 Å². The molecule has 2 N–H and O–H groups in total. The van der Waals surface area contributed by atoms with Gasteiger partial charge >= 0.3 is 6.03 Å². The normalized spacial score (nSPS) is 16.6. The number of thioether (sulfide) groups is 1. The lowest BCUT2D eigenvalue weighted by atomic mass is 10.2. The Balaban J connectivity index is 1.74. The molecule has 0 atom stereocenters. The Labute approximate surface area is 116 Å². The number of rotatable bonds is 3. The predicted octanol–water partition coefficient (Wildman–Crippen LogP) is 2.45. The van der Waals surface area contributed by atoms with Crippen LogP contribution in [0.1, 0.15) is 28.4 Å². The van der Waals surface area contributed by atoms with Crippen LogP contribution in [0.25, 0.3) is 0 Å². The van der Waals surface area contributed by atoms with Gasteiger partial charge in [-0.05, 0) is 38.2 Å². The Morgan fingerprint density at radius 2 is 2.11 bits per heavy atom. The summed E-state index contributed by atoms with van der Waals surface area (Å²) in [6.45, 7) is 4.57. The number of aryl methyl sites for hydroxylation is 2. The summed E-state index contributed by atoms with van der Waals surface area (Å²) < 4.78 is 0. The number of amides is 2. The van der Waals surface area contributed by atoms with Gasteiger partial charge in [-0.1, -0.05) is 0 Å². The third-order valence-electron chi connectivity index (χ3n) is 3.03. The minimum atomic E-state index is -0.0718. The third-order valence-corrected chi connectivity index (χ3v) is 5.15. The summed E-state index contributed by atoms with van der Waals surface area (Å²) in [5.41, 5.74) is 1.06. The molecule has 2 rings (SSSR count). The van der Waals surface area contributed by atoms with Crippen LogP contribution < -0.4 is 10.6 Å². The van der Waals surface area contributed by atoms with E-state index in [9.17, 15) is 4.79 Å². The smallest absolute Gasteiger partial charge is 0.315 e. The summed E-state index contributed by atoms with van der Waals surface area (Å²) in [6.07, 6.45) is 2.15. The molecule has 1 fully saturated rings. The minimum absolute atomic E-state index is 0.0718. The molecule has 1 aromatic rings. The van der Waals surface area contributed by atoms with Crippen LogP contribution in [-0.2, 0) is 6.54 Å².